The molecule has 0 aliphatic carbocycles. The molecule has 0 unspecified atom stereocenters. The van der Waals surface area contributed by atoms with Gasteiger partial charge in [0.25, 0.3) is 5.56 Å². The second kappa shape index (κ2) is 11.0. The summed E-state index contributed by atoms with van der Waals surface area (Å²) in [6.07, 6.45) is 1.83. The van der Waals surface area contributed by atoms with Crippen LogP contribution in [0, 0.1) is 0 Å². The van der Waals surface area contributed by atoms with E-state index < -0.39 is 11.2 Å². The SMILES string of the molecule is CN1CCN(c2ccc(Nc3cc4c(nn3)c(=O)n(-c3c(Cl)cccc3Cl)n4-c3cccc(C(C)(C)O)n3)nc2)CC1. The fraction of sp³-hybridized carbons (Fsp3) is 0.276. The molecule has 4 aromatic heterocycles. The van der Waals surface area contributed by atoms with Crippen LogP contribution in [0.1, 0.15) is 19.5 Å². The molecule has 5 heterocycles. The maximum absolute atomic E-state index is 13.8. The van der Waals surface area contributed by atoms with E-state index in [4.69, 9.17) is 23.2 Å². The number of hydrogen-bond donors (Lipinski definition) is 2. The molecule has 2 N–H and O–H groups in total. The van der Waals surface area contributed by atoms with E-state index in [1.807, 2.05) is 18.3 Å². The van der Waals surface area contributed by atoms with Crippen LogP contribution < -0.4 is 15.8 Å². The van der Waals surface area contributed by atoms with Gasteiger partial charge in [-0.1, -0.05) is 35.3 Å². The van der Waals surface area contributed by atoms with Crippen LogP contribution in [0.15, 0.2) is 65.6 Å². The van der Waals surface area contributed by atoms with Crippen molar-refractivity contribution in [1.82, 2.24) is 34.4 Å². The number of aromatic nitrogens is 6. The van der Waals surface area contributed by atoms with Gasteiger partial charge in [0.1, 0.15) is 22.6 Å². The highest BCUT2D eigenvalue weighted by molar-refractivity contribution is 6.37. The van der Waals surface area contributed by atoms with Gasteiger partial charge in [-0.15, -0.1) is 10.2 Å². The molecule has 42 heavy (non-hydrogen) atoms. The molecular weight excluding hydrogens is 577 g/mol. The Hall–Kier alpha value is -4.03. The van der Waals surface area contributed by atoms with Crippen LogP contribution >= 0.6 is 23.2 Å². The van der Waals surface area contributed by atoms with E-state index in [-0.39, 0.29) is 21.2 Å². The maximum atomic E-state index is 13.8. The standard InChI is InChI=1S/C29H29Cl2N9O2/c1-29(2,42)22-8-5-9-25(33-22)39-21-16-24(34-23-11-10-18(17-32-23)38-14-12-37(3)13-15-38)35-36-26(21)28(41)40(39)27-19(30)6-4-7-20(27)31/h4-11,16-17,42H,12-15H2,1-3H3,(H,32,34,35). The van der Waals surface area contributed by atoms with Gasteiger partial charge in [0.15, 0.2) is 17.2 Å². The van der Waals surface area contributed by atoms with Crippen molar-refractivity contribution < 1.29 is 5.11 Å². The Labute approximate surface area is 251 Å². The first-order valence-electron chi connectivity index (χ1n) is 13.4. The summed E-state index contributed by atoms with van der Waals surface area (Å²) in [6.45, 7) is 7.17. The van der Waals surface area contributed by atoms with Crippen LogP contribution in [0.2, 0.25) is 10.0 Å². The summed E-state index contributed by atoms with van der Waals surface area (Å²) in [7, 11) is 2.12. The average molecular weight is 607 g/mol. The quantitative estimate of drug-likeness (QED) is 0.290. The minimum absolute atomic E-state index is 0.0883. The normalized spacial score (nSPS) is 14.5. The summed E-state index contributed by atoms with van der Waals surface area (Å²) in [5, 5.41) is 22.9. The molecule has 216 valence electrons. The minimum Gasteiger partial charge on any atom is -0.384 e. The molecule has 11 nitrogen and oxygen atoms in total. The monoisotopic (exact) mass is 605 g/mol. The molecule has 1 aromatic carbocycles. The summed E-state index contributed by atoms with van der Waals surface area (Å²) in [5.41, 5.74) is 0.527. The number of halogens is 2. The molecule has 1 saturated heterocycles. The fourth-order valence-corrected chi connectivity index (χ4v) is 5.46. The third kappa shape index (κ3) is 5.32. The zero-order chi connectivity index (χ0) is 29.6. The molecule has 0 amide bonds. The topological polar surface area (TPSA) is 117 Å². The minimum atomic E-state index is -1.22. The number of piperazine rings is 1. The summed E-state index contributed by atoms with van der Waals surface area (Å²) in [5.74, 6) is 1.30. The van der Waals surface area contributed by atoms with Crippen LogP contribution in [-0.4, -0.2) is 72.8 Å². The first-order valence-corrected chi connectivity index (χ1v) is 14.2. The maximum Gasteiger partial charge on any atom is 0.300 e. The number of nitrogens with zero attached hydrogens (tertiary/aromatic N) is 8. The second-order valence-corrected chi connectivity index (χ2v) is 11.5. The molecular formula is C29H29Cl2N9O2. The van der Waals surface area contributed by atoms with Gasteiger partial charge in [-0.2, -0.15) is 0 Å². The van der Waals surface area contributed by atoms with Gasteiger partial charge < -0.3 is 20.2 Å². The fourth-order valence-electron chi connectivity index (χ4n) is 4.90. The summed E-state index contributed by atoms with van der Waals surface area (Å²) >= 11 is 13.1. The van der Waals surface area contributed by atoms with Crippen LogP contribution in [0.25, 0.3) is 22.5 Å². The Kier molecular flexibility index (Phi) is 7.36. The first-order chi connectivity index (χ1) is 20.1. The van der Waals surface area contributed by atoms with Crippen molar-refractivity contribution >= 4 is 51.6 Å². The third-order valence-corrected chi connectivity index (χ3v) is 7.81. The molecule has 1 aliphatic heterocycles. The van der Waals surface area contributed by atoms with Crippen LogP contribution in [-0.2, 0) is 5.60 Å². The van der Waals surface area contributed by atoms with Crippen molar-refractivity contribution in [1.29, 1.82) is 0 Å². The molecule has 13 heteroatoms. The lowest BCUT2D eigenvalue weighted by molar-refractivity contribution is 0.0738. The van der Waals surface area contributed by atoms with E-state index in [9.17, 15) is 9.90 Å². The lowest BCUT2D eigenvalue weighted by Gasteiger charge is -2.33. The average Bonchev–Trinajstić information content (AvgIpc) is 3.24. The number of likely N-dealkylation sites (N-methyl/N-ethyl adjacent to an activating group) is 1. The zero-order valence-corrected chi connectivity index (χ0v) is 24.8. The highest BCUT2D eigenvalue weighted by Gasteiger charge is 2.25. The Morgan fingerprint density at radius 1 is 0.905 bits per heavy atom. The number of anilines is 3. The first kappa shape index (κ1) is 28.1. The molecule has 0 atom stereocenters. The molecule has 0 spiro atoms. The Bertz CT molecular complexity index is 1800. The van der Waals surface area contributed by atoms with Gasteiger partial charge in [0.05, 0.1) is 27.6 Å². The van der Waals surface area contributed by atoms with Crippen LogP contribution in [0.4, 0.5) is 17.3 Å². The summed E-state index contributed by atoms with van der Waals surface area (Å²) < 4.78 is 2.90. The van der Waals surface area contributed by atoms with Crippen molar-refractivity contribution in [3.8, 4) is 11.5 Å². The van der Waals surface area contributed by atoms with Crippen molar-refractivity contribution in [3.05, 3.63) is 86.9 Å². The van der Waals surface area contributed by atoms with E-state index in [1.54, 1.807) is 61.0 Å². The van der Waals surface area contributed by atoms with E-state index in [0.29, 0.717) is 28.7 Å². The zero-order valence-electron chi connectivity index (χ0n) is 23.3. The van der Waals surface area contributed by atoms with Crippen LogP contribution in [0.3, 0.4) is 0 Å². The molecule has 1 fully saturated rings. The Balaban J connectivity index is 1.45. The smallest absolute Gasteiger partial charge is 0.300 e. The summed E-state index contributed by atoms with van der Waals surface area (Å²) in [6, 6.07) is 15.8. The highest BCUT2D eigenvalue weighted by Crippen LogP contribution is 2.31. The number of aliphatic hydroxyl groups is 1. The van der Waals surface area contributed by atoms with Crippen molar-refractivity contribution in [3.63, 3.8) is 0 Å². The van der Waals surface area contributed by atoms with Gasteiger partial charge >= 0.3 is 0 Å². The van der Waals surface area contributed by atoms with E-state index in [0.717, 1.165) is 31.9 Å². The molecule has 0 radical (unpaired) electrons. The molecule has 5 aromatic rings. The van der Waals surface area contributed by atoms with E-state index >= 15 is 0 Å². The molecule has 0 bridgehead atoms. The van der Waals surface area contributed by atoms with Crippen LogP contribution in [0.5, 0.6) is 0 Å². The lowest BCUT2D eigenvalue weighted by atomic mass is 10.1. The number of hydrogen-bond acceptors (Lipinski definition) is 9. The van der Waals surface area contributed by atoms with Gasteiger partial charge in [-0.25, -0.2) is 19.3 Å². The number of fused-ring (bicyclic) bond motifs is 1. The third-order valence-electron chi connectivity index (χ3n) is 7.20. The van der Waals surface area contributed by atoms with E-state index in [2.05, 4.69) is 42.3 Å². The largest absolute Gasteiger partial charge is 0.384 e. The number of benzene rings is 1. The number of para-hydroxylation sites is 1. The summed E-state index contributed by atoms with van der Waals surface area (Å²) in [4.78, 5) is 27.7. The predicted octanol–water partition coefficient (Wildman–Crippen LogP) is 4.39. The Morgan fingerprint density at radius 2 is 1.62 bits per heavy atom. The van der Waals surface area contributed by atoms with Crippen molar-refractivity contribution in [2.24, 2.45) is 0 Å². The van der Waals surface area contributed by atoms with Crippen molar-refractivity contribution in [2.75, 3.05) is 43.4 Å². The van der Waals surface area contributed by atoms with Gasteiger partial charge in [-0.05, 0) is 57.3 Å². The second-order valence-electron chi connectivity index (χ2n) is 10.7. The van der Waals surface area contributed by atoms with Gasteiger partial charge in [-0.3, -0.25) is 4.79 Å². The Morgan fingerprint density at radius 3 is 2.29 bits per heavy atom. The van der Waals surface area contributed by atoms with Crippen molar-refractivity contribution in [2.45, 2.75) is 19.4 Å². The highest BCUT2D eigenvalue weighted by atomic mass is 35.5. The number of rotatable bonds is 6. The molecule has 0 saturated carbocycles. The lowest BCUT2D eigenvalue weighted by Crippen LogP contribution is -2.44. The van der Waals surface area contributed by atoms with Gasteiger partial charge in [0, 0.05) is 32.2 Å². The predicted molar refractivity (Wildman–Crippen MR) is 165 cm³/mol. The number of pyridine rings is 2. The van der Waals surface area contributed by atoms with E-state index in [1.165, 1.54) is 4.68 Å². The van der Waals surface area contributed by atoms with Gasteiger partial charge in [0.2, 0.25) is 0 Å². The molecule has 6 rings (SSSR count). The number of nitrogens with one attached hydrogen (secondary N) is 1. The molecule has 1 aliphatic rings.